The molecule has 2 heterocycles. The number of sulfone groups is 1. The van der Waals surface area contributed by atoms with E-state index in [1.54, 1.807) is 24.4 Å². The molecule has 0 saturated carbocycles. The molecule has 0 saturated heterocycles. The average Bonchev–Trinajstić information content (AvgIpc) is 3.26. The Labute approximate surface area is 198 Å². The number of fused-ring (bicyclic) bond motifs is 1. The number of hydrogen-bond acceptors (Lipinski definition) is 9. The summed E-state index contributed by atoms with van der Waals surface area (Å²) < 4.78 is 31.4. The Bertz CT molecular complexity index is 1450. The van der Waals surface area contributed by atoms with Crippen molar-refractivity contribution in [2.24, 2.45) is 0 Å². The number of aromatic nitrogens is 2. The van der Waals surface area contributed by atoms with Crippen LogP contribution in [0.1, 0.15) is 5.69 Å². The Balaban J connectivity index is 1.68. The van der Waals surface area contributed by atoms with Crippen molar-refractivity contribution in [2.45, 2.75) is 11.4 Å². The van der Waals surface area contributed by atoms with Gasteiger partial charge in [0, 0.05) is 18.3 Å². The molecule has 12 heteroatoms. The lowest BCUT2D eigenvalue weighted by atomic mass is 10.3. The summed E-state index contributed by atoms with van der Waals surface area (Å²) >= 11 is 1.06. The van der Waals surface area contributed by atoms with Gasteiger partial charge in [-0.2, -0.15) is 0 Å². The van der Waals surface area contributed by atoms with Crippen LogP contribution >= 0.6 is 11.3 Å². The first kappa shape index (κ1) is 23.3. The molecule has 0 aliphatic heterocycles. The minimum absolute atomic E-state index is 0.0142. The number of rotatable bonds is 8. The van der Waals surface area contributed by atoms with Crippen LogP contribution < -0.4 is 9.64 Å². The van der Waals surface area contributed by atoms with E-state index in [2.05, 4.69) is 9.97 Å². The molecule has 4 aromatic rings. The number of thiazole rings is 1. The Kier molecular flexibility index (Phi) is 6.52. The molecule has 0 unspecified atom stereocenters. The molecule has 0 N–H and O–H groups in total. The lowest BCUT2D eigenvalue weighted by molar-refractivity contribution is -0.384. The van der Waals surface area contributed by atoms with E-state index >= 15 is 0 Å². The number of ether oxygens (including phenoxy) is 1. The average molecular weight is 499 g/mol. The maximum absolute atomic E-state index is 13.3. The van der Waals surface area contributed by atoms with E-state index in [1.807, 2.05) is 0 Å². The molecular formula is C22H18N4O6S2. The van der Waals surface area contributed by atoms with Gasteiger partial charge in [-0.1, -0.05) is 17.4 Å². The number of nitro groups is 1. The van der Waals surface area contributed by atoms with Crippen molar-refractivity contribution in [3.8, 4) is 5.75 Å². The monoisotopic (exact) mass is 498 g/mol. The maximum Gasteiger partial charge on any atom is 0.270 e. The van der Waals surface area contributed by atoms with Crippen molar-refractivity contribution in [1.29, 1.82) is 0 Å². The highest BCUT2D eigenvalue weighted by molar-refractivity contribution is 7.92. The molecule has 0 aliphatic carbocycles. The van der Waals surface area contributed by atoms with Gasteiger partial charge in [0.1, 0.15) is 11.5 Å². The number of hydrogen-bond donors (Lipinski definition) is 0. The van der Waals surface area contributed by atoms with E-state index in [-0.39, 0.29) is 22.3 Å². The lowest BCUT2D eigenvalue weighted by Gasteiger charge is -2.19. The van der Waals surface area contributed by atoms with Gasteiger partial charge in [-0.25, -0.2) is 13.4 Å². The number of carbonyl (C=O) groups is 1. The summed E-state index contributed by atoms with van der Waals surface area (Å²) in [5, 5.41) is 11.3. The van der Waals surface area contributed by atoms with Crippen LogP contribution in [0.3, 0.4) is 0 Å². The minimum Gasteiger partial charge on any atom is -0.497 e. The molecule has 0 bridgehead atoms. The van der Waals surface area contributed by atoms with Gasteiger partial charge >= 0.3 is 0 Å². The second kappa shape index (κ2) is 9.53. The number of methoxy groups -OCH3 is 1. The summed E-state index contributed by atoms with van der Waals surface area (Å²) in [6.07, 6.45) is 1.56. The van der Waals surface area contributed by atoms with Gasteiger partial charge in [-0.15, -0.1) is 0 Å². The first-order valence-electron chi connectivity index (χ1n) is 9.89. The number of nitro benzene ring substituents is 1. The van der Waals surface area contributed by atoms with Crippen LogP contribution in [0.25, 0.3) is 10.2 Å². The van der Waals surface area contributed by atoms with Gasteiger partial charge in [-0.05, 0) is 42.5 Å². The van der Waals surface area contributed by atoms with E-state index in [0.717, 1.165) is 11.3 Å². The van der Waals surface area contributed by atoms with Crippen LogP contribution in [-0.2, 0) is 21.2 Å². The van der Waals surface area contributed by atoms with Crippen molar-refractivity contribution in [3.63, 3.8) is 0 Å². The van der Waals surface area contributed by atoms with Crippen molar-refractivity contribution < 1.29 is 22.9 Å². The smallest absolute Gasteiger partial charge is 0.270 e. The molecule has 0 spiro atoms. The standard InChI is InChI=1S/C22H18N4O6S2/c1-32-17-6-8-18(9-7-17)34(30,31)14-21(27)25(13-15-4-2-3-11-23-15)22-24-19-10-5-16(26(28)29)12-20(19)33-22/h2-12H,13-14H2,1H3. The SMILES string of the molecule is COc1ccc(S(=O)(=O)CC(=O)N(Cc2ccccn2)c2nc3ccc([N+](=O)[O-])cc3s2)cc1. The summed E-state index contributed by atoms with van der Waals surface area (Å²) in [4.78, 5) is 33.7. The Morgan fingerprint density at radius 1 is 1.15 bits per heavy atom. The predicted molar refractivity (Wildman–Crippen MR) is 127 cm³/mol. The van der Waals surface area contributed by atoms with Gasteiger partial charge in [0.15, 0.2) is 15.0 Å². The molecule has 34 heavy (non-hydrogen) atoms. The van der Waals surface area contributed by atoms with Crippen molar-refractivity contribution in [1.82, 2.24) is 9.97 Å². The van der Waals surface area contributed by atoms with Crippen molar-refractivity contribution in [2.75, 3.05) is 17.8 Å². The number of carbonyl (C=O) groups excluding carboxylic acids is 1. The Hall–Kier alpha value is -3.90. The zero-order valence-electron chi connectivity index (χ0n) is 17.8. The Morgan fingerprint density at radius 3 is 2.56 bits per heavy atom. The highest BCUT2D eigenvalue weighted by atomic mass is 32.2. The van der Waals surface area contributed by atoms with Gasteiger partial charge in [0.25, 0.3) is 5.69 Å². The molecule has 10 nitrogen and oxygen atoms in total. The largest absolute Gasteiger partial charge is 0.497 e. The van der Waals surface area contributed by atoms with Gasteiger partial charge in [0.05, 0.1) is 39.4 Å². The first-order valence-corrected chi connectivity index (χ1v) is 12.4. The quantitative estimate of drug-likeness (QED) is 0.266. The van der Waals surface area contributed by atoms with Crippen LogP contribution in [-0.4, -0.2) is 42.1 Å². The molecule has 0 radical (unpaired) electrons. The second-order valence-corrected chi connectivity index (χ2v) is 10.1. The Morgan fingerprint density at radius 2 is 1.91 bits per heavy atom. The third-order valence-corrected chi connectivity index (χ3v) is 7.54. The highest BCUT2D eigenvalue weighted by Crippen LogP contribution is 2.32. The fourth-order valence-corrected chi connectivity index (χ4v) is 5.37. The zero-order valence-corrected chi connectivity index (χ0v) is 19.5. The summed E-state index contributed by atoms with van der Waals surface area (Å²) in [7, 11) is -2.49. The highest BCUT2D eigenvalue weighted by Gasteiger charge is 2.27. The van der Waals surface area contributed by atoms with Crippen LogP contribution in [0.4, 0.5) is 10.8 Å². The number of benzene rings is 2. The third-order valence-electron chi connectivity index (χ3n) is 4.88. The summed E-state index contributed by atoms with van der Waals surface area (Å²) in [6, 6.07) is 15.1. The molecule has 174 valence electrons. The molecule has 1 amide bonds. The fourth-order valence-electron chi connectivity index (χ4n) is 3.15. The van der Waals surface area contributed by atoms with Crippen LogP contribution in [0.2, 0.25) is 0 Å². The van der Waals surface area contributed by atoms with E-state index < -0.39 is 26.4 Å². The number of amides is 1. The molecule has 2 aromatic carbocycles. The van der Waals surface area contributed by atoms with Crippen LogP contribution in [0.5, 0.6) is 5.75 Å². The normalized spacial score (nSPS) is 11.3. The lowest BCUT2D eigenvalue weighted by Crippen LogP contribution is -2.35. The predicted octanol–water partition coefficient (Wildman–Crippen LogP) is 3.62. The fraction of sp³-hybridized carbons (Fsp3) is 0.136. The number of nitrogens with zero attached hydrogens (tertiary/aromatic N) is 4. The minimum atomic E-state index is -3.96. The topological polar surface area (TPSA) is 133 Å². The van der Waals surface area contributed by atoms with E-state index in [9.17, 15) is 23.3 Å². The molecular weight excluding hydrogens is 480 g/mol. The molecule has 0 atom stereocenters. The maximum atomic E-state index is 13.3. The third kappa shape index (κ3) is 5.02. The number of pyridine rings is 1. The van der Waals surface area contributed by atoms with Crippen LogP contribution in [0.15, 0.2) is 71.8 Å². The van der Waals surface area contributed by atoms with Crippen LogP contribution in [0, 0.1) is 10.1 Å². The zero-order chi connectivity index (χ0) is 24.3. The summed E-state index contributed by atoms with van der Waals surface area (Å²) in [5.41, 5.74) is 0.887. The van der Waals surface area contributed by atoms with E-state index in [0.29, 0.717) is 21.7 Å². The number of non-ortho nitro benzene ring substituents is 1. The molecule has 0 fully saturated rings. The van der Waals surface area contributed by atoms with Gasteiger partial charge in [-0.3, -0.25) is 24.8 Å². The molecule has 4 rings (SSSR count). The number of anilines is 1. The van der Waals surface area contributed by atoms with Crippen molar-refractivity contribution in [3.05, 3.63) is 82.7 Å². The second-order valence-electron chi connectivity index (χ2n) is 7.14. The summed E-state index contributed by atoms with van der Waals surface area (Å²) in [5.74, 6) is -0.997. The van der Waals surface area contributed by atoms with Gasteiger partial charge in [0.2, 0.25) is 5.91 Å². The van der Waals surface area contributed by atoms with E-state index in [4.69, 9.17) is 4.74 Å². The molecule has 0 aliphatic rings. The van der Waals surface area contributed by atoms with Crippen molar-refractivity contribution >= 4 is 48.1 Å². The van der Waals surface area contributed by atoms with Gasteiger partial charge < -0.3 is 4.74 Å². The first-order chi connectivity index (χ1) is 16.3. The van der Waals surface area contributed by atoms with E-state index in [1.165, 1.54) is 54.5 Å². The summed E-state index contributed by atoms with van der Waals surface area (Å²) in [6.45, 7) is -0.0142. The molecule has 2 aromatic heterocycles.